The zero-order valence-corrected chi connectivity index (χ0v) is 12.7. The first-order valence-corrected chi connectivity index (χ1v) is 7.58. The van der Waals surface area contributed by atoms with Crippen molar-refractivity contribution in [2.24, 2.45) is 0 Å². The maximum Gasteiger partial charge on any atom is 0.339 e. The summed E-state index contributed by atoms with van der Waals surface area (Å²) in [5.41, 5.74) is -0.259. The number of benzene rings is 2. The van der Waals surface area contributed by atoms with Crippen LogP contribution in [-0.2, 0) is 10.1 Å². The highest BCUT2D eigenvalue weighted by molar-refractivity contribution is 7.87. The quantitative estimate of drug-likeness (QED) is 0.477. The SMILES string of the molecule is COc1cccc(OS(=O)(=O)c2cccc([N+](=O)[O-])c2C)c1. The van der Waals surface area contributed by atoms with Crippen molar-refractivity contribution in [3.05, 3.63) is 58.1 Å². The van der Waals surface area contributed by atoms with E-state index in [-0.39, 0.29) is 21.9 Å². The molecule has 2 aromatic rings. The first kappa shape index (κ1) is 15.8. The van der Waals surface area contributed by atoms with E-state index in [1.54, 1.807) is 12.1 Å². The Kier molecular flexibility index (Phi) is 4.32. The number of hydrogen-bond donors (Lipinski definition) is 0. The highest BCUT2D eigenvalue weighted by Gasteiger charge is 2.24. The number of nitrogens with zero attached hydrogens (tertiary/aromatic N) is 1. The second kappa shape index (κ2) is 6.02. The molecular formula is C14H13NO6S. The monoisotopic (exact) mass is 323 g/mol. The van der Waals surface area contributed by atoms with Gasteiger partial charge in [-0.25, -0.2) is 0 Å². The van der Waals surface area contributed by atoms with Crippen LogP contribution in [0.15, 0.2) is 47.4 Å². The van der Waals surface area contributed by atoms with Gasteiger partial charge >= 0.3 is 10.1 Å². The lowest BCUT2D eigenvalue weighted by molar-refractivity contribution is -0.385. The molecule has 0 amide bonds. The Morgan fingerprint density at radius 1 is 1.09 bits per heavy atom. The molecule has 2 aromatic carbocycles. The smallest absolute Gasteiger partial charge is 0.339 e. The zero-order valence-electron chi connectivity index (χ0n) is 11.8. The molecule has 0 heterocycles. The largest absolute Gasteiger partial charge is 0.497 e. The maximum absolute atomic E-state index is 12.3. The van der Waals surface area contributed by atoms with Gasteiger partial charge in [0.05, 0.1) is 12.0 Å². The minimum atomic E-state index is -4.19. The molecule has 0 fully saturated rings. The standard InChI is InChI=1S/C14H13NO6S/c1-10-13(15(16)17)7-4-8-14(10)22(18,19)21-12-6-3-5-11(9-12)20-2/h3-9H,1-2H3. The van der Waals surface area contributed by atoms with Gasteiger partial charge in [0.1, 0.15) is 16.4 Å². The second-order valence-corrected chi connectivity index (χ2v) is 5.89. The van der Waals surface area contributed by atoms with E-state index < -0.39 is 15.0 Å². The number of nitro groups is 1. The number of ether oxygens (including phenoxy) is 1. The van der Waals surface area contributed by atoms with E-state index in [1.165, 1.54) is 44.4 Å². The predicted molar refractivity (Wildman–Crippen MR) is 78.6 cm³/mol. The second-order valence-electron chi connectivity index (χ2n) is 4.37. The van der Waals surface area contributed by atoms with Crippen LogP contribution in [0.2, 0.25) is 0 Å². The molecule has 7 nitrogen and oxygen atoms in total. The van der Waals surface area contributed by atoms with Gasteiger partial charge in [-0.2, -0.15) is 8.42 Å². The van der Waals surface area contributed by atoms with Crippen molar-refractivity contribution in [2.45, 2.75) is 11.8 Å². The summed E-state index contributed by atoms with van der Waals surface area (Å²) >= 11 is 0. The fourth-order valence-electron chi connectivity index (χ4n) is 1.90. The zero-order chi connectivity index (χ0) is 16.3. The predicted octanol–water partition coefficient (Wildman–Crippen LogP) is 2.68. The van der Waals surface area contributed by atoms with Crippen molar-refractivity contribution in [2.75, 3.05) is 7.11 Å². The van der Waals surface area contributed by atoms with Gasteiger partial charge in [0, 0.05) is 17.7 Å². The highest BCUT2D eigenvalue weighted by atomic mass is 32.2. The van der Waals surface area contributed by atoms with Gasteiger partial charge in [-0.1, -0.05) is 12.1 Å². The minimum absolute atomic E-state index is 0.0235. The van der Waals surface area contributed by atoms with Gasteiger partial charge in [0.15, 0.2) is 0 Å². The van der Waals surface area contributed by atoms with Gasteiger partial charge in [-0.15, -0.1) is 0 Å². The Balaban J connectivity index is 2.43. The molecule has 0 aliphatic heterocycles. The molecule has 0 atom stereocenters. The Morgan fingerprint density at radius 3 is 2.36 bits per heavy atom. The van der Waals surface area contributed by atoms with Crippen molar-refractivity contribution < 1.29 is 22.3 Å². The Labute approximate surface area is 127 Å². The molecule has 0 aromatic heterocycles. The molecule has 0 aliphatic carbocycles. The first-order chi connectivity index (χ1) is 10.3. The van der Waals surface area contributed by atoms with Crippen molar-refractivity contribution >= 4 is 15.8 Å². The minimum Gasteiger partial charge on any atom is -0.497 e. The van der Waals surface area contributed by atoms with Crippen LogP contribution in [0.25, 0.3) is 0 Å². The fraction of sp³-hybridized carbons (Fsp3) is 0.143. The molecule has 0 radical (unpaired) electrons. The van der Waals surface area contributed by atoms with Gasteiger partial charge in [-0.05, 0) is 25.1 Å². The van der Waals surface area contributed by atoms with E-state index in [0.717, 1.165) is 0 Å². The number of hydrogen-bond acceptors (Lipinski definition) is 6. The molecule has 0 aliphatic rings. The molecule has 2 rings (SSSR count). The molecule has 0 N–H and O–H groups in total. The summed E-state index contributed by atoms with van der Waals surface area (Å²) in [6.07, 6.45) is 0. The van der Waals surface area contributed by atoms with Crippen LogP contribution in [0.5, 0.6) is 11.5 Å². The van der Waals surface area contributed by atoms with Gasteiger partial charge in [-0.3, -0.25) is 10.1 Å². The Bertz CT molecular complexity index is 816. The molecule has 0 saturated heterocycles. The summed E-state index contributed by atoms with van der Waals surface area (Å²) in [6, 6.07) is 9.86. The molecule has 0 unspecified atom stereocenters. The van der Waals surface area contributed by atoms with Crippen LogP contribution in [0.1, 0.15) is 5.56 Å². The Hall–Kier alpha value is -2.61. The third-order valence-electron chi connectivity index (χ3n) is 2.97. The lowest BCUT2D eigenvalue weighted by Crippen LogP contribution is -2.12. The summed E-state index contributed by atoms with van der Waals surface area (Å²) < 4.78 is 34.6. The molecule has 8 heteroatoms. The number of rotatable bonds is 5. The molecule has 0 bridgehead atoms. The summed E-state index contributed by atoms with van der Waals surface area (Å²) in [4.78, 5) is 10.0. The van der Waals surface area contributed by atoms with Crippen LogP contribution in [0.3, 0.4) is 0 Å². The average Bonchev–Trinajstić information content (AvgIpc) is 2.46. The first-order valence-electron chi connectivity index (χ1n) is 6.17. The lowest BCUT2D eigenvalue weighted by Gasteiger charge is -2.10. The molecule has 22 heavy (non-hydrogen) atoms. The molecule has 116 valence electrons. The van der Waals surface area contributed by atoms with Crippen molar-refractivity contribution in [1.29, 1.82) is 0 Å². The van der Waals surface area contributed by atoms with Crippen molar-refractivity contribution in [1.82, 2.24) is 0 Å². The third kappa shape index (κ3) is 3.17. The van der Waals surface area contributed by atoms with Crippen LogP contribution in [0.4, 0.5) is 5.69 Å². The van der Waals surface area contributed by atoms with Crippen molar-refractivity contribution in [3.8, 4) is 11.5 Å². The Morgan fingerprint density at radius 2 is 1.73 bits per heavy atom. The van der Waals surface area contributed by atoms with E-state index in [4.69, 9.17) is 8.92 Å². The number of nitro benzene ring substituents is 1. The normalized spacial score (nSPS) is 11.0. The third-order valence-corrected chi connectivity index (χ3v) is 4.36. The summed E-state index contributed by atoms with van der Waals surface area (Å²) in [5, 5.41) is 10.9. The topological polar surface area (TPSA) is 95.7 Å². The number of methoxy groups -OCH3 is 1. The summed E-state index contributed by atoms with van der Waals surface area (Å²) in [6.45, 7) is 1.36. The van der Waals surface area contributed by atoms with Crippen LogP contribution >= 0.6 is 0 Å². The fourth-order valence-corrected chi connectivity index (χ4v) is 3.07. The summed E-state index contributed by atoms with van der Waals surface area (Å²) in [7, 11) is -2.74. The van der Waals surface area contributed by atoms with Gasteiger partial charge in [0.25, 0.3) is 5.69 Å². The van der Waals surface area contributed by atoms with E-state index in [1.807, 2.05) is 0 Å². The van der Waals surface area contributed by atoms with Gasteiger partial charge in [0.2, 0.25) is 0 Å². The van der Waals surface area contributed by atoms with Crippen LogP contribution in [-0.4, -0.2) is 20.5 Å². The molecule has 0 saturated carbocycles. The maximum atomic E-state index is 12.3. The van der Waals surface area contributed by atoms with E-state index in [9.17, 15) is 18.5 Å². The summed E-state index contributed by atoms with van der Waals surface area (Å²) in [5.74, 6) is 0.494. The van der Waals surface area contributed by atoms with E-state index in [2.05, 4.69) is 0 Å². The van der Waals surface area contributed by atoms with E-state index in [0.29, 0.717) is 5.75 Å². The van der Waals surface area contributed by atoms with E-state index >= 15 is 0 Å². The van der Waals surface area contributed by atoms with Crippen LogP contribution < -0.4 is 8.92 Å². The molecule has 0 spiro atoms. The van der Waals surface area contributed by atoms with Crippen molar-refractivity contribution in [3.63, 3.8) is 0 Å². The van der Waals surface area contributed by atoms with Crippen LogP contribution in [0, 0.1) is 17.0 Å². The molecular weight excluding hydrogens is 310 g/mol. The van der Waals surface area contributed by atoms with Gasteiger partial charge < -0.3 is 8.92 Å². The lowest BCUT2D eigenvalue weighted by atomic mass is 10.2. The highest BCUT2D eigenvalue weighted by Crippen LogP contribution is 2.28. The average molecular weight is 323 g/mol.